The predicted octanol–water partition coefficient (Wildman–Crippen LogP) is 4.82. The number of rotatable bonds is 5. The van der Waals surface area contributed by atoms with Gasteiger partial charge in [-0.25, -0.2) is 9.07 Å². The Labute approximate surface area is 161 Å². The lowest BCUT2D eigenvalue weighted by molar-refractivity contribution is 0.101. The first-order valence-electron chi connectivity index (χ1n) is 8.93. The van der Waals surface area contributed by atoms with Gasteiger partial charge in [0.1, 0.15) is 5.82 Å². The van der Waals surface area contributed by atoms with E-state index in [2.05, 4.69) is 10.4 Å². The summed E-state index contributed by atoms with van der Waals surface area (Å²) >= 11 is 0. The average molecular weight is 375 g/mol. The second-order valence-electron chi connectivity index (χ2n) is 6.18. The molecule has 0 aliphatic rings. The molecule has 0 saturated carbocycles. The van der Waals surface area contributed by atoms with Gasteiger partial charge in [-0.05, 0) is 42.6 Å². The molecule has 0 aliphatic carbocycles. The zero-order chi connectivity index (χ0) is 19.5. The van der Waals surface area contributed by atoms with Gasteiger partial charge in [-0.15, -0.1) is 0 Å². The third-order valence-corrected chi connectivity index (χ3v) is 4.32. The molecular formula is C22H18FN3O2. The van der Waals surface area contributed by atoms with Crippen molar-refractivity contribution in [1.82, 2.24) is 9.78 Å². The molecule has 0 aliphatic heterocycles. The van der Waals surface area contributed by atoms with E-state index in [9.17, 15) is 9.18 Å². The van der Waals surface area contributed by atoms with Crippen molar-refractivity contribution >= 4 is 22.4 Å². The van der Waals surface area contributed by atoms with Crippen LogP contribution in [0.15, 0.2) is 72.9 Å². The van der Waals surface area contributed by atoms with Crippen molar-refractivity contribution in [2.75, 3.05) is 11.9 Å². The fraction of sp³-hybridized carbons (Fsp3) is 0.0909. The van der Waals surface area contributed by atoms with Crippen LogP contribution in [0.4, 0.5) is 10.1 Å². The Bertz CT molecular complexity index is 1130. The molecule has 0 radical (unpaired) electrons. The largest absolute Gasteiger partial charge is 0.490 e. The van der Waals surface area contributed by atoms with E-state index in [-0.39, 0.29) is 17.4 Å². The topological polar surface area (TPSA) is 56.2 Å². The number of nitrogens with one attached hydrogen (secondary N) is 1. The summed E-state index contributed by atoms with van der Waals surface area (Å²) in [6.07, 6.45) is 1.62. The van der Waals surface area contributed by atoms with Crippen LogP contribution in [0.3, 0.4) is 0 Å². The summed E-state index contributed by atoms with van der Waals surface area (Å²) in [5, 5.41) is 9.25. The molecule has 1 aromatic heterocycles. The van der Waals surface area contributed by atoms with Crippen LogP contribution in [0.5, 0.6) is 5.75 Å². The number of carbonyl (C=O) groups is 1. The molecule has 1 amide bonds. The predicted molar refractivity (Wildman–Crippen MR) is 107 cm³/mol. The van der Waals surface area contributed by atoms with Crippen molar-refractivity contribution in [3.8, 4) is 11.4 Å². The molecule has 6 heteroatoms. The molecule has 0 saturated heterocycles. The summed E-state index contributed by atoms with van der Waals surface area (Å²) in [6.45, 7) is 2.23. The van der Waals surface area contributed by atoms with Crippen molar-refractivity contribution in [2.45, 2.75) is 6.92 Å². The number of ether oxygens (including phenoxy) is 1. The summed E-state index contributed by atoms with van der Waals surface area (Å²) < 4.78 is 20.3. The van der Waals surface area contributed by atoms with Gasteiger partial charge in [0.05, 0.1) is 18.5 Å². The number of aromatic nitrogens is 2. The minimum absolute atomic E-state index is 0.166. The van der Waals surface area contributed by atoms with Gasteiger partial charge in [0.15, 0.2) is 11.4 Å². The lowest BCUT2D eigenvalue weighted by Gasteiger charge is -2.08. The number of fused-ring (bicyclic) bond motifs is 1. The van der Waals surface area contributed by atoms with E-state index in [0.29, 0.717) is 23.7 Å². The zero-order valence-corrected chi connectivity index (χ0v) is 15.2. The number of hydrogen-bond donors (Lipinski definition) is 1. The van der Waals surface area contributed by atoms with Crippen molar-refractivity contribution < 1.29 is 13.9 Å². The number of halogens is 1. The van der Waals surface area contributed by atoms with Crippen LogP contribution in [0.2, 0.25) is 0 Å². The highest BCUT2D eigenvalue weighted by atomic mass is 19.1. The number of amides is 1. The second kappa shape index (κ2) is 7.52. The normalized spacial score (nSPS) is 10.8. The van der Waals surface area contributed by atoms with Crippen LogP contribution in [-0.2, 0) is 0 Å². The fourth-order valence-corrected chi connectivity index (χ4v) is 3.02. The van der Waals surface area contributed by atoms with E-state index in [4.69, 9.17) is 4.74 Å². The summed E-state index contributed by atoms with van der Waals surface area (Å²) in [6, 6.07) is 19.4. The van der Waals surface area contributed by atoms with Crippen molar-refractivity contribution in [3.63, 3.8) is 0 Å². The van der Waals surface area contributed by atoms with Gasteiger partial charge in [-0.1, -0.05) is 36.4 Å². The zero-order valence-electron chi connectivity index (χ0n) is 15.2. The van der Waals surface area contributed by atoms with E-state index in [0.717, 1.165) is 10.8 Å². The first-order chi connectivity index (χ1) is 13.7. The average Bonchev–Trinajstić information content (AvgIpc) is 3.13. The Morgan fingerprint density at radius 1 is 1.07 bits per heavy atom. The van der Waals surface area contributed by atoms with E-state index in [1.807, 2.05) is 49.4 Å². The van der Waals surface area contributed by atoms with E-state index >= 15 is 0 Å². The highest BCUT2D eigenvalue weighted by Gasteiger charge is 2.19. The maximum atomic E-state index is 13.2. The van der Waals surface area contributed by atoms with E-state index in [1.54, 1.807) is 18.3 Å². The summed E-state index contributed by atoms with van der Waals surface area (Å²) in [7, 11) is 0. The summed E-state index contributed by atoms with van der Waals surface area (Å²) in [5.74, 6) is -0.347. The molecule has 28 heavy (non-hydrogen) atoms. The highest BCUT2D eigenvalue weighted by molar-refractivity contribution is 6.09. The van der Waals surface area contributed by atoms with Crippen LogP contribution in [0, 0.1) is 5.82 Å². The van der Waals surface area contributed by atoms with Gasteiger partial charge in [-0.3, -0.25) is 4.79 Å². The lowest BCUT2D eigenvalue weighted by atomic mass is 10.1. The molecule has 0 spiro atoms. The second-order valence-corrected chi connectivity index (χ2v) is 6.18. The molecule has 0 bridgehead atoms. The van der Waals surface area contributed by atoms with Gasteiger partial charge in [0.2, 0.25) is 0 Å². The van der Waals surface area contributed by atoms with Crippen molar-refractivity contribution in [3.05, 3.63) is 84.4 Å². The number of nitrogens with zero attached hydrogens (tertiary/aromatic N) is 2. The van der Waals surface area contributed by atoms with Crippen LogP contribution in [0.25, 0.3) is 16.5 Å². The van der Waals surface area contributed by atoms with Crippen LogP contribution < -0.4 is 10.1 Å². The molecule has 4 aromatic rings. The summed E-state index contributed by atoms with van der Waals surface area (Å²) in [5.41, 5.74) is 1.49. The lowest BCUT2D eigenvalue weighted by Crippen LogP contribution is -2.14. The number of anilines is 1. The monoisotopic (exact) mass is 375 g/mol. The van der Waals surface area contributed by atoms with Gasteiger partial charge in [-0.2, -0.15) is 5.10 Å². The SMILES string of the molecule is CCOc1cn(-c2ccc(F)cc2)nc1C(=O)Nc1cccc2ccccc12. The Morgan fingerprint density at radius 2 is 1.82 bits per heavy atom. The van der Waals surface area contributed by atoms with Gasteiger partial charge in [0, 0.05) is 11.1 Å². The molecule has 140 valence electrons. The third kappa shape index (κ3) is 3.44. The fourth-order valence-electron chi connectivity index (χ4n) is 3.02. The van der Waals surface area contributed by atoms with Crippen LogP contribution in [0.1, 0.15) is 17.4 Å². The molecule has 5 nitrogen and oxygen atoms in total. The Hall–Kier alpha value is -3.67. The Kier molecular flexibility index (Phi) is 4.76. The highest BCUT2D eigenvalue weighted by Crippen LogP contribution is 2.26. The van der Waals surface area contributed by atoms with Crippen molar-refractivity contribution in [2.24, 2.45) is 0 Å². The van der Waals surface area contributed by atoms with Crippen LogP contribution >= 0.6 is 0 Å². The Morgan fingerprint density at radius 3 is 2.61 bits per heavy atom. The third-order valence-electron chi connectivity index (χ3n) is 4.32. The maximum Gasteiger partial charge on any atom is 0.280 e. The minimum Gasteiger partial charge on any atom is -0.490 e. The van der Waals surface area contributed by atoms with Crippen molar-refractivity contribution in [1.29, 1.82) is 0 Å². The van der Waals surface area contributed by atoms with Gasteiger partial charge >= 0.3 is 0 Å². The smallest absolute Gasteiger partial charge is 0.280 e. The molecule has 4 rings (SSSR count). The molecule has 0 unspecified atom stereocenters. The molecule has 0 atom stereocenters. The van der Waals surface area contributed by atoms with E-state index in [1.165, 1.54) is 16.8 Å². The Balaban J connectivity index is 1.69. The van der Waals surface area contributed by atoms with E-state index < -0.39 is 0 Å². The molecule has 1 N–H and O–H groups in total. The summed E-state index contributed by atoms with van der Waals surface area (Å²) in [4.78, 5) is 12.9. The van der Waals surface area contributed by atoms with Gasteiger partial charge in [0.25, 0.3) is 5.91 Å². The quantitative estimate of drug-likeness (QED) is 0.544. The molecule has 3 aromatic carbocycles. The van der Waals surface area contributed by atoms with Crippen LogP contribution in [-0.4, -0.2) is 22.3 Å². The van der Waals surface area contributed by atoms with Gasteiger partial charge < -0.3 is 10.1 Å². The number of carbonyl (C=O) groups excluding carboxylic acids is 1. The molecular weight excluding hydrogens is 357 g/mol. The first-order valence-corrected chi connectivity index (χ1v) is 8.93. The number of hydrogen-bond acceptors (Lipinski definition) is 3. The number of benzene rings is 3. The maximum absolute atomic E-state index is 13.2. The standard InChI is InChI=1S/C22H18FN3O2/c1-2-28-20-14-26(17-12-10-16(23)11-13-17)25-21(20)22(27)24-19-9-5-7-15-6-3-4-8-18(15)19/h3-14H,2H2,1H3,(H,24,27). The minimum atomic E-state index is -0.374. The first kappa shape index (κ1) is 17.7. The molecule has 0 fully saturated rings. The molecule has 1 heterocycles.